The molecule has 0 spiro atoms. The SMILES string of the molecule is O=C(NCCc1cccnc1)N[C@@H](CO)C(=O)O. The first-order valence-corrected chi connectivity index (χ1v) is 5.40. The van der Waals surface area contributed by atoms with Gasteiger partial charge in [-0.2, -0.15) is 0 Å². The van der Waals surface area contributed by atoms with Gasteiger partial charge in [0.2, 0.25) is 0 Å². The van der Waals surface area contributed by atoms with Crippen molar-refractivity contribution in [3.8, 4) is 0 Å². The summed E-state index contributed by atoms with van der Waals surface area (Å²) in [6.45, 7) is -0.291. The van der Waals surface area contributed by atoms with Crippen molar-refractivity contribution >= 4 is 12.0 Å². The number of rotatable bonds is 6. The number of pyridine rings is 1. The van der Waals surface area contributed by atoms with Crippen LogP contribution in [0.4, 0.5) is 4.79 Å². The molecule has 0 fully saturated rings. The second kappa shape index (κ2) is 7.23. The zero-order valence-corrected chi connectivity index (χ0v) is 9.67. The summed E-state index contributed by atoms with van der Waals surface area (Å²) < 4.78 is 0. The predicted octanol–water partition coefficient (Wildman–Crippen LogP) is -0.631. The molecule has 0 saturated heterocycles. The summed E-state index contributed by atoms with van der Waals surface area (Å²) in [7, 11) is 0. The van der Waals surface area contributed by atoms with Gasteiger partial charge in [-0.3, -0.25) is 4.98 Å². The van der Waals surface area contributed by atoms with Crippen molar-refractivity contribution in [3.63, 3.8) is 0 Å². The minimum absolute atomic E-state index is 0.356. The van der Waals surface area contributed by atoms with Crippen molar-refractivity contribution in [1.29, 1.82) is 0 Å². The number of carbonyl (C=O) groups excluding carboxylic acids is 1. The molecule has 4 N–H and O–H groups in total. The van der Waals surface area contributed by atoms with Crippen LogP contribution in [0.2, 0.25) is 0 Å². The summed E-state index contributed by atoms with van der Waals surface area (Å²) in [5.41, 5.74) is 0.967. The van der Waals surface area contributed by atoms with E-state index in [9.17, 15) is 9.59 Å². The molecule has 0 unspecified atom stereocenters. The fourth-order valence-electron chi connectivity index (χ4n) is 1.26. The average Bonchev–Trinajstić information content (AvgIpc) is 2.37. The van der Waals surface area contributed by atoms with Crippen molar-refractivity contribution in [3.05, 3.63) is 30.1 Å². The van der Waals surface area contributed by atoms with E-state index in [0.717, 1.165) is 5.56 Å². The quantitative estimate of drug-likeness (QED) is 0.539. The van der Waals surface area contributed by atoms with Crippen molar-refractivity contribution in [1.82, 2.24) is 15.6 Å². The molecule has 18 heavy (non-hydrogen) atoms. The van der Waals surface area contributed by atoms with E-state index in [1.165, 1.54) is 0 Å². The Balaban J connectivity index is 2.27. The maximum atomic E-state index is 11.3. The van der Waals surface area contributed by atoms with Gasteiger partial charge in [-0.1, -0.05) is 6.07 Å². The third kappa shape index (κ3) is 4.79. The number of aliphatic carboxylic acids is 1. The minimum Gasteiger partial charge on any atom is -0.480 e. The lowest BCUT2D eigenvalue weighted by Crippen LogP contribution is -2.48. The third-order valence-corrected chi connectivity index (χ3v) is 2.21. The lowest BCUT2D eigenvalue weighted by molar-refractivity contribution is -0.140. The van der Waals surface area contributed by atoms with Crippen LogP contribution in [0.15, 0.2) is 24.5 Å². The number of carbonyl (C=O) groups is 2. The molecule has 0 radical (unpaired) electrons. The fraction of sp³-hybridized carbons (Fsp3) is 0.364. The Morgan fingerprint density at radius 1 is 1.44 bits per heavy atom. The van der Waals surface area contributed by atoms with Crippen LogP contribution >= 0.6 is 0 Å². The second-order valence-electron chi connectivity index (χ2n) is 3.58. The maximum absolute atomic E-state index is 11.3. The molecule has 1 heterocycles. The average molecular weight is 253 g/mol. The molecular weight excluding hydrogens is 238 g/mol. The number of hydrogen-bond donors (Lipinski definition) is 4. The highest BCUT2D eigenvalue weighted by Gasteiger charge is 2.17. The van der Waals surface area contributed by atoms with Crippen LogP contribution in [-0.2, 0) is 11.2 Å². The van der Waals surface area contributed by atoms with Crippen molar-refractivity contribution in [2.75, 3.05) is 13.2 Å². The minimum atomic E-state index is -1.29. The molecule has 1 aromatic heterocycles. The van der Waals surface area contributed by atoms with E-state index < -0.39 is 24.6 Å². The largest absolute Gasteiger partial charge is 0.480 e. The molecule has 7 heteroatoms. The van der Waals surface area contributed by atoms with Gasteiger partial charge in [0.05, 0.1) is 6.61 Å². The van der Waals surface area contributed by atoms with Crippen LogP contribution in [0.5, 0.6) is 0 Å². The number of nitrogens with one attached hydrogen (secondary N) is 2. The summed E-state index contributed by atoms with van der Waals surface area (Å²) in [4.78, 5) is 25.8. The van der Waals surface area contributed by atoms with E-state index in [4.69, 9.17) is 10.2 Å². The van der Waals surface area contributed by atoms with Gasteiger partial charge < -0.3 is 20.8 Å². The van der Waals surface area contributed by atoms with E-state index in [-0.39, 0.29) is 0 Å². The Hall–Kier alpha value is -2.15. The molecule has 1 rings (SSSR count). The summed E-state index contributed by atoms with van der Waals surface area (Å²) >= 11 is 0. The lowest BCUT2D eigenvalue weighted by atomic mass is 10.2. The number of amides is 2. The number of carboxylic acids is 1. The first-order chi connectivity index (χ1) is 8.63. The van der Waals surface area contributed by atoms with E-state index in [1.807, 2.05) is 6.07 Å². The normalized spacial score (nSPS) is 11.6. The summed E-state index contributed by atoms with van der Waals surface area (Å²) in [5.74, 6) is -1.28. The van der Waals surface area contributed by atoms with Crippen LogP contribution in [-0.4, -0.2) is 46.4 Å². The fourth-order valence-corrected chi connectivity index (χ4v) is 1.26. The first kappa shape index (κ1) is 13.9. The molecule has 0 saturated carbocycles. The van der Waals surface area contributed by atoms with Gasteiger partial charge in [0, 0.05) is 18.9 Å². The monoisotopic (exact) mass is 253 g/mol. The molecule has 1 aromatic rings. The molecule has 98 valence electrons. The Morgan fingerprint density at radius 3 is 2.78 bits per heavy atom. The van der Waals surface area contributed by atoms with E-state index in [1.54, 1.807) is 18.5 Å². The lowest BCUT2D eigenvalue weighted by Gasteiger charge is -2.12. The summed E-state index contributed by atoms with van der Waals surface area (Å²) in [6, 6.07) is 1.76. The van der Waals surface area contributed by atoms with Gasteiger partial charge in [0.15, 0.2) is 6.04 Å². The zero-order valence-electron chi connectivity index (χ0n) is 9.67. The highest BCUT2D eigenvalue weighted by Crippen LogP contribution is 1.95. The van der Waals surface area contributed by atoms with Crippen LogP contribution in [0.1, 0.15) is 5.56 Å². The number of carboxylic acid groups (broad SMARTS) is 1. The molecule has 0 aliphatic heterocycles. The first-order valence-electron chi connectivity index (χ1n) is 5.40. The molecule has 0 aromatic carbocycles. The molecule has 0 aliphatic rings. The molecule has 0 aliphatic carbocycles. The maximum Gasteiger partial charge on any atom is 0.328 e. The zero-order chi connectivity index (χ0) is 13.4. The Morgan fingerprint density at radius 2 is 2.22 bits per heavy atom. The number of hydrogen-bond acceptors (Lipinski definition) is 4. The standard InChI is InChI=1S/C11H15N3O4/c15-7-9(10(16)17)14-11(18)13-5-3-8-2-1-4-12-6-8/h1-2,4,6,9,15H,3,5,7H2,(H,16,17)(H2,13,14,18)/t9-/m0/s1. The Kier molecular flexibility index (Phi) is 5.59. The molecule has 7 nitrogen and oxygen atoms in total. The molecular formula is C11H15N3O4. The van der Waals surface area contributed by atoms with Gasteiger partial charge in [-0.05, 0) is 18.1 Å². The van der Waals surface area contributed by atoms with Crippen LogP contribution in [0.25, 0.3) is 0 Å². The van der Waals surface area contributed by atoms with Gasteiger partial charge in [-0.25, -0.2) is 9.59 Å². The number of aromatic nitrogens is 1. The van der Waals surface area contributed by atoms with Gasteiger partial charge >= 0.3 is 12.0 Å². The number of urea groups is 1. The molecule has 1 atom stereocenters. The number of nitrogens with zero attached hydrogens (tertiary/aromatic N) is 1. The van der Waals surface area contributed by atoms with Crippen LogP contribution in [0.3, 0.4) is 0 Å². The highest BCUT2D eigenvalue weighted by atomic mass is 16.4. The molecule has 2 amide bonds. The topological polar surface area (TPSA) is 112 Å². The summed E-state index contributed by atoms with van der Waals surface area (Å²) in [6.07, 6.45) is 3.94. The second-order valence-corrected chi connectivity index (χ2v) is 3.58. The van der Waals surface area contributed by atoms with Crippen molar-refractivity contribution in [2.24, 2.45) is 0 Å². The smallest absolute Gasteiger partial charge is 0.328 e. The highest BCUT2D eigenvalue weighted by molar-refractivity contribution is 5.82. The van der Waals surface area contributed by atoms with E-state index >= 15 is 0 Å². The Labute approximate surface area is 104 Å². The van der Waals surface area contributed by atoms with E-state index in [2.05, 4.69) is 15.6 Å². The van der Waals surface area contributed by atoms with Crippen LogP contribution in [0, 0.1) is 0 Å². The van der Waals surface area contributed by atoms with Gasteiger partial charge in [-0.15, -0.1) is 0 Å². The van der Waals surface area contributed by atoms with Gasteiger partial charge in [0.1, 0.15) is 0 Å². The van der Waals surface area contributed by atoms with Crippen molar-refractivity contribution in [2.45, 2.75) is 12.5 Å². The van der Waals surface area contributed by atoms with Gasteiger partial charge in [0.25, 0.3) is 0 Å². The van der Waals surface area contributed by atoms with E-state index in [0.29, 0.717) is 13.0 Å². The van der Waals surface area contributed by atoms with Crippen molar-refractivity contribution < 1.29 is 19.8 Å². The third-order valence-electron chi connectivity index (χ3n) is 2.21. The predicted molar refractivity (Wildman–Crippen MR) is 63.0 cm³/mol. The van der Waals surface area contributed by atoms with Crippen LogP contribution < -0.4 is 10.6 Å². The molecule has 0 bridgehead atoms. The Bertz CT molecular complexity index is 397. The number of aliphatic hydroxyl groups is 1. The summed E-state index contributed by atoms with van der Waals surface area (Å²) in [5, 5.41) is 22.0. The number of aliphatic hydroxyl groups excluding tert-OH is 1.